The summed E-state index contributed by atoms with van der Waals surface area (Å²) in [6.07, 6.45) is 0. The van der Waals surface area contributed by atoms with Crippen LogP contribution in [0, 0.1) is 41.7 Å². The quantitative estimate of drug-likeness (QED) is 0.568. The average molecular weight is 234 g/mol. The third-order valence-corrected chi connectivity index (χ3v) is 1.06. The third kappa shape index (κ3) is 2.00. The number of hydrogen-bond acceptors (Lipinski definition) is 3. The van der Waals surface area contributed by atoms with Crippen molar-refractivity contribution in [3.63, 3.8) is 0 Å². The fourth-order valence-corrected chi connectivity index (χ4v) is 0.321. The van der Waals surface area contributed by atoms with Gasteiger partial charge in [-0.05, 0) is 0 Å². The van der Waals surface area contributed by atoms with Crippen LogP contribution in [0.3, 0.4) is 0 Å². The molecule has 0 amide bonds. The van der Waals surface area contributed by atoms with Crippen molar-refractivity contribution in [2.24, 2.45) is 0 Å². The molecule has 6 heavy (non-hydrogen) atoms. The van der Waals surface area contributed by atoms with Gasteiger partial charge in [-0.1, -0.05) is 0 Å². The standard InChI is InChI=1S/CH3O3P.Ce/c2-5-3-1-4-5;/h5H,1H2;. The zero-order chi connectivity index (χ0) is 3.70. The summed E-state index contributed by atoms with van der Waals surface area (Å²) in [7, 11) is -1.94. The van der Waals surface area contributed by atoms with Crippen LogP contribution < -0.4 is 0 Å². The van der Waals surface area contributed by atoms with Crippen LogP contribution in [0.15, 0.2) is 0 Å². The van der Waals surface area contributed by atoms with E-state index >= 15 is 0 Å². The first-order chi connectivity index (χ1) is 2.39. The largest absolute Gasteiger partial charge is 0.323 e. The number of rotatable bonds is 0. The molecule has 0 aromatic carbocycles. The van der Waals surface area contributed by atoms with Gasteiger partial charge in [-0.25, -0.2) is 0 Å². The summed E-state index contributed by atoms with van der Waals surface area (Å²) in [4.78, 5) is 0. The summed E-state index contributed by atoms with van der Waals surface area (Å²) in [5.41, 5.74) is 0. The Kier molecular flexibility index (Phi) is 4.41. The van der Waals surface area contributed by atoms with Gasteiger partial charge >= 0.3 is 8.25 Å². The van der Waals surface area contributed by atoms with Gasteiger partial charge in [-0.2, -0.15) is 0 Å². The van der Waals surface area contributed by atoms with Crippen LogP contribution >= 0.6 is 8.25 Å². The van der Waals surface area contributed by atoms with Crippen molar-refractivity contribution < 1.29 is 55.4 Å². The molecule has 1 heterocycles. The molecule has 0 N–H and O–H groups in total. The van der Waals surface area contributed by atoms with Gasteiger partial charge in [-0.3, -0.25) is 13.6 Å². The molecule has 1 saturated heterocycles. The van der Waals surface area contributed by atoms with E-state index in [1.165, 1.54) is 0 Å². The Bertz CT molecular complexity index is 57.8. The molecule has 0 unspecified atom stereocenters. The smallest absolute Gasteiger partial charge is 0.283 e. The van der Waals surface area contributed by atoms with Gasteiger partial charge < -0.3 is 0 Å². The molecule has 0 spiro atoms. The maximum absolute atomic E-state index is 9.64. The Morgan fingerprint density at radius 2 is 1.83 bits per heavy atom. The SMILES string of the molecule is O=[PH]1OCO1.[Ce]. The van der Waals surface area contributed by atoms with E-state index < -0.39 is 8.25 Å². The normalized spacial score (nSPS) is 21.3. The first-order valence-corrected chi connectivity index (χ1v) is 2.41. The predicted octanol–water partition coefficient (Wildman–Crippen LogP) is 0.380. The summed E-state index contributed by atoms with van der Waals surface area (Å²) < 4.78 is 18.1. The van der Waals surface area contributed by atoms with E-state index in [9.17, 15) is 4.57 Å². The maximum Gasteiger partial charge on any atom is 0.323 e. The van der Waals surface area contributed by atoms with Gasteiger partial charge in [0.1, 0.15) is 0 Å². The van der Waals surface area contributed by atoms with Crippen molar-refractivity contribution in [1.82, 2.24) is 0 Å². The topological polar surface area (TPSA) is 35.5 Å². The predicted molar refractivity (Wildman–Crippen MR) is 16.0 cm³/mol. The van der Waals surface area contributed by atoms with Gasteiger partial charge in [0.15, 0.2) is 6.79 Å². The van der Waals surface area contributed by atoms with Gasteiger partial charge in [0.05, 0.1) is 0 Å². The summed E-state index contributed by atoms with van der Waals surface area (Å²) >= 11 is 0. The molecule has 0 atom stereocenters. The van der Waals surface area contributed by atoms with Crippen molar-refractivity contribution in [3.05, 3.63) is 0 Å². The second-order valence-electron chi connectivity index (χ2n) is 0.657. The summed E-state index contributed by atoms with van der Waals surface area (Å²) in [5.74, 6) is 0. The summed E-state index contributed by atoms with van der Waals surface area (Å²) in [5, 5.41) is 0. The molecule has 0 aromatic heterocycles. The maximum atomic E-state index is 9.64. The van der Waals surface area contributed by atoms with Crippen LogP contribution in [0.2, 0.25) is 0 Å². The van der Waals surface area contributed by atoms with Gasteiger partial charge in [0.25, 0.3) is 0 Å². The molecule has 0 aromatic rings. The van der Waals surface area contributed by atoms with Crippen molar-refractivity contribution >= 4 is 8.25 Å². The van der Waals surface area contributed by atoms with Crippen molar-refractivity contribution in [2.75, 3.05) is 6.79 Å². The molecule has 34 valence electrons. The van der Waals surface area contributed by atoms with Gasteiger partial charge in [0.2, 0.25) is 0 Å². The second kappa shape index (κ2) is 3.52. The van der Waals surface area contributed by atoms with Crippen molar-refractivity contribution in [1.29, 1.82) is 0 Å². The van der Waals surface area contributed by atoms with Gasteiger partial charge in [-0.15, -0.1) is 0 Å². The molecule has 1 fully saturated rings. The van der Waals surface area contributed by atoms with Crippen LogP contribution in [-0.2, 0) is 13.6 Å². The van der Waals surface area contributed by atoms with Crippen LogP contribution in [0.4, 0.5) is 0 Å². The molecule has 0 saturated carbocycles. The molecule has 1 aliphatic heterocycles. The molecular formula is CH3CeO3P. The first kappa shape index (κ1) is 7.53. The van der Waals surface area contributed by atoms with E-state index in [1.54, 1.807) is 0 Å². The molecule has 5 heteroatoms. The average Bonchev–Trinajstić information content (AvgIpc) is 1.30. The zero-order valence-electron chi connectivity index (χ0n) is 2.93. The zero-order valence-corrected chi connectivity index (χ0v) is 7.07. The Balaban J connectivity index is 0.000000250. The summed E-state index contributed by atoms with van der Waals surface area (Å²) in [6.45, 7) is 0.220. The minimum absolute atomic E-state index is 0. The molecule has 0 bridgehead atoms. The third-order valence-electron chi connectivity index (χ3n) is 0.354. The molecule has 1 rings (SSSR count). The van der Waals surface area contributed by atoms with Gasteiger partial charge in [0, 0.05) is 41.7 Å². The fourth-order valence-electron chi connectivity index (χ4n) is 0.107. The van der Waals surface area contributed by atoms with Crippen LogP contribution in [0.25, 0.3) is 0 Å². The number of hydrogen-bond donors (Lipinski definition) is 0. The Morgan fingerprint density at radius 3 is 1.83 bits per heavy atom. The Hall–Kier alpha value is 1.53. The second-order valence-corrected chi connectivity index (χ2v) is 1.73. The molecule has 3 nitrogen and oxygen atoms in total. The minimum Gasteiger partial charge on any atom is -0.283 e. The summed E-state index contributed by atoms with van der Waals surface area (Å²) in [6, 6.07) is 0. The van der Waals surface area contributed by atoms with Crippen LogP contribution in [0.5, 0.6) is 0 Å². The molecule has 1 aliphatic rings. The van der Waals surface area contributed by atoms with Crippen LogP contribution in [-0.4, -0.2) is 6.79 Å². The molecule has 0 aliphatic carbocycles. The molecule has 0 radical (unpaired) electrons. The van der Waals surface area contributed by atoms with Crippen molar-refractivity contribution in [3.8, 4) is 0 Å². The Morgan fingerprint density at radius 1 is 1.50 bits per heavy atom. The van der Waals surface area contributed by atoms with E-state index in [2.05, 4.69) is 9.05 Å². The van der Waals surface area contributed by atoms with Crippen molar-refractivity contribution in [2.45, 2.75) is 0 Å². The molecular weight excluding hydrogens is 231 g/mol. The fraction of sp³-hybridized carbons (Fsp3) is 1.00. The van der Waals surface area contributed by atoms with E-state index in [0.717, 1.165) is 0 Å². The van der Waals surface area contributed by atoms with E-state index in [4.69, 9.17) is 0 Å². The minimum atomic E-state index is -1.94. The van der Waals surface area contributed by atoms with E-state index in [0.29, 0.717) is 0 Å². The first-order valence-electron chi connectivity index (χ1n) is 1.19. The monoisotopic (exact) mass is 234 g/mol. The van der Waals surface area contributed by atoms with Crippen LogP contribution in [0.1, 0.15) is 0 Å². The Labute approximate surface area is 69.7 Å². The van der Waals surface area contributed by atoms with E-state index in [-0.39, 0.29) is 48.5 Å². The van der Waals surface area contributed by atoms with E-state index in [1.807, 2.05) is 0 Å².